The smallest absolute Gasteiger partial charge is 0.196 e. The SMILES string of the molecule is Cc1cc2c(cc1C)C(=O)c1c(NO)cccc1C2=O. The Morgan fingerprint density at radius 3 is 2.10 bits per heavy atom. The first kappa shape index (κ1) is 12.6. The molecular formula is C16H13NO3. The van der Waals surface area contributed by atoms with Crippen molar-refractivity contribution in [3.63, 3.8) is 0 Å². The molecule has 0 bridgehead atoms. The van der Waals surface area contributed by atoms with E-state index in [1.807, 2.05) is 19.3 Å². The minimum Gasteiger partial charge on any atom is -0.291 e. The second-order valence-electron chi connectivity index (χ2n) is 4.98. The number of hydrogen-bond acceptors (Lipinski definition) is 4. The van der Waals surface area contributed by atoms with Gasteiger partial charge in [0.2, 0.25) is 0 Å². The van der Waals surface area contributed by atoms with E-state index >= 15 is 0 Å². The Morgan fingerprint density at radius 1 is 0.900 bits per heavy atom. The van der Waals surface area contributed by atoms with Gasteiger partial charge < -0.3 is 0 Å². The lowest BCUT2D eigenvalue weighted by Gasteiger charge is -2.20. The van der Waals surface area contributed by atoms with Crippen molar-refractivity contribution in [1.29, 1.82) is 0 Å². The summed E-state index contributed by atoms with van der Waals surface area (Å²) in [6.07, 6.45) is 0. The van der Waals surface area contributed by atoms with Gasteiger partial charge in [-0.1, -0.05) is 12.1 Å². The van der Waals surface area contributed by atoms with Gasteiger partial charge in [-0.25, -0.2) is 0 Å². The average molecular weight is 267 g/mol. The monoisotopic (exact) mass is 267 g/mol. The topological polar surface area (TPSA) is 66.4 Å². The van der Waals surface area contributed by atoms with E-state index in [0.29, 0.717) is 16.7 Å². The van der Waals surface area contributed by atoms with Gasteiger partial charge >= 0.3 is 0 Å². The lowest BCUT2D eigenvalue weighted by molar-refractivity contribution is 0.0979. The van der Waals surface area contributed by atoms with Crippen molar-refractivity contribution in [3.05, 3.63) is 63.7 Å². The molecule has 100 valence electrons. The van der Waals surface area contributed by atoms with Gasteiger partial charge in [0, 0.05) is 16.7 Å². The van der Waals surface area contributed by atoms with Gasteiger partial charge in [0.05, 0.1) is 11.3 Å². The zero-order chi connectivity index (χ0) is 14.4. The maximum atomic E-state index is 12.6. The molecule has 4 nitrogen and oxygen atoms in total. The van der Waals surface area contributed by atoms with Gasteiger partial charge in [-0.2, -0.15) is 0 Å². The highest BCUT2D eigenvalue weighted by Crippen LogP contribution is 2.32. The zero-order valence-corrected chi connectivity index (χ0v) is 11.2. The van der Waals surface area contributed by atoms with Crippen molar-refractivity contribution < 1.29 is 14.8 Å². The zero-order valence-electron chi connectivity index (χ0n) is 11.2. The summed E-state index contributed by atoms with van der Waals surface area (Å²) in [6.45, 7) is 3.81. The van der Waals surface area contributed by atoms with E-state index in [4.69, 9.17) is 5.21 Å². The number of ketones is 2. The normalized spacial score (nSPS) is 12.9. The molecule has 2 aromatic rings. The molecule has 0 unspecified atom stereocenters. The molecular weight excluding hydrogens is 254 g/mol. The Kier molecular flexibility index (Phi) is 2.69. The average Bonchev–Trinajstić information content (AvgIpc) is 2.46. The van der Waals surface area contributed by atoms with E-state index in [1.165, 1.54) is 0 Å². The first-order valence-electron chi connectivity index (χ1n) is 6.28. The minimum atomic E-state index is -0.241. The number of benzene rings is 2. The van der Waals surface area contributed by atoms with Crippen LogP contribution in [0.3, 0.4) is 0 Å². The van der Waals surface area contributed by atoms with Crippen molar-refractivity contribution in [2.75, 3.05) is 5.48 Å². The summed E-state index contributed by atoms with van der Waals surface area (Å²) in [5.74, 6) is -0.426. The molecule has 1 aliphatic rings. The molecule has 0 aliphatic heterocycles. The van der Waals surface area contributed by atoms with Gasteiger partial charge in [-0.05, 0) is 43.2 Å². The predicted octanol–water partition coefficient (Wildman–Crippen LogP) is 2.88. The Labute approximate surface area is 116 Å². The van der Waals surface area contributed by atoms with Crippen molar-refractivity contribution in [1.82, 2.24) is 0 Å². The molecule has 0 heterocycles. The summed E-state index contributed by atoms with van der Waals surface area (Å²) in [6, 6.07) is 8.30. The fourth-order valence-corrected chi connectivity index (χ4v) is 2.55. The minimum absolute atomic E-state index is 0.185. The third-order valence-corrected chi connectivity index (χ3v) is 3.78. The maximum absolute atomic E-state index is 12.6. The highest BCUT2D eigenvalue weighted by atomic mass is 16.5. The van der Waals surface area contributed by atoms with Crippen LogP contribution >= 0.6 is 0 Å². The summed E-state index contributed by atoms with van der Waals surface area (Å²) in [7, 11) is 0. The van der Waals surface area contributed by atoms with E-state index < -0.39 is 0 Å². The van der Waals surface area contributed by atoms with Crippen LogP contribution in [0.25, 0.3) is 0 Å². The van der Waals surface area contributed by atoms with E-state index in [2.05, 4.69) is 0 Å². The fourth-order valence-electron chi connectivity index (χ4n) is 2.55. The molecule has 2 aromatic carbocycles. The quantitative estimate of drug-likeness (QED) is 0.665. The number of carbonyl (C=O) groups is 2. The van der Waals surface area contributed by atoms with Crippen LogP contribution in [-0.4, -0.2) is 16.8 Å². The molecule has 3 rings (SSSR count). The Balaban J connectivity index is 2.34. The molecule has 2 N–H and O–H groups in total. The van der Waals surface area contributed by atoms with Crippen LogP contribution in [0, 0.1) is 13.8 Å². The molecule has 0 atom stereocenters. The second-order valence-corrected chi connectivity index (χ2v) is 4.98. The molecule has 0 radical (unpaired) electrons. The highest BCUT2D eigenvalue weighted by Gasteiger charge is 2.31. The summed E-state index contributed by atoms with van der Waals surface area (Å²) in [4.78, 5) is 25.1. The van der Waals surface area contributed by atoms with Crippen LogP contribution in [0.2, 0.25) is 0 Å². The lowest BCUT2D eigenvalue weighted by Crippen LogP contribution is -2.22. The van der Waals surface area contributed by atoms with E-state index in [0.717, 1.165) is 11.1 Å². The van der Waals surface area contributed by atoms with Crippen molar-refractivity contribution in [3.8, 4) is 0 Å². The number of rotatable bonds is 1. The summed E-state index contributed by atoms with van der Waals surface area (Å²) in [5, 5.41) is 9.13. The third kappa shape index (κ3) is 1.58. The largest absolute Gasteiger partial charge is 0.291 e. The van der Waals surface area contributed by atoms with Crippen LogP contribution < -0.4 is 5.48 Å². The third-order valence-electron chi connectivity index (χ3n) is 3.78. The lowest BCUT2D eigenvalue weighted by atomic mass is 9.81. The number of anilines is 1. The molecule has 0 saturated carbocycles. The van der Waals surface area contributed by atoms with Crippen LogP contribution in [0.5, 0.6) is 0 Å². The van der Waals surface area contributed by atoms with Gasteiger partial charge in [0.1, 0.15) is 0 Å². The Hall–Kier alpha value is -2.46. The summed E-state index contributed by atoms with van der Waals surface area (Å²) < 4.78 is 0. The van der Waals surface area contributed by atoms with Crippen LogP contribution in [0.4, 0.5) is 5.69 Å². The van der Waals surface area contributed by atoms with E-state index in [9.17, 15) is 9.59 Å². The van der Waals surface area contributed by atoms with Crippen LogP contribution in [0.1, 0.15) is 43.0 Å². The van der Waals surface area contributed by atoms with Crippen molar-refractivity contribution in [2.45, 2.75) is 13.8 Å². The van der Waals surface area contributed by atoms with Gasteiger partial charge in [0.15, 0.2) is 11.6 Å². The second kappa shape index (κ2) is 4.28. The number of nitrogens with one attached hydrogen (secondary N) is 1. The molecule has 4 heteroatoms. The van der Waals surface area contributed by atoms with Crippen molar-refractivity contribution in [2.24, 2.45) is 0 Å². The van der Waals surface area contributed by atoms with E-state index in [-0.39, 0.29) is 22.8 Å². The fraction of sp³-hybridized carbons (Fsp3) is 0.125. The highest BCUT2D eigenvalue weighted by molar-refractivity contribution is 6.30. The Bertz CT molecular complexity index is 763. The first-order valence-corrected chi connectivity index (χ1v) is 6.28. The molecule has 0 spiro atoms. The van der Waals surface area contributed by atoms with Gasteiger partial charge in [-0.15, -0.1) is 0 Å². The molecule has 0 aromatic heterocycles. The van der Waals surface area contributed by atoms with Gasteiger partial charge in [0.25, 0.3) is 0 Å². The number of fused-ring (bicyclic) bond motifs is 2. The number of carbonyl (C=O) groups excluding carboxylic acids is 2. The molecule has 0 saturated heterocycles. The number of aryl methyl sites for hydroxylation is 2. The summed E-state index contributed by atoms with van der Waals surface area (Å²) in [5.41, 5.74) is 5.57. The standard InChI is InChI=1S/C16H13NO3/c1-8-6-11-12(7-9(8)2)16(19)14-10(15(11)18)4-3-5-13(14)17-20/h3-7,17,20H,1-2H3. The van der Waals surface area contributed by atoms with Crippen LogP contribution in [0.15, 0.2) is 30.3 Å². The first-order chi connectivity index (χ1) is 9.54. The molecule has 1 aliphatic carbocycles. The molecule has 20 heavy (non-hydrogen) atoms. The maximum Gasteiger partial charge on any atom is 0.196 e. The van der Waals surface area contributed by atoms with Gasteiger partial charge in [-0.3, -0.25) is 20.3 Å². The number of hydrogen-bond donors (Lipinski definition) is 2. The van der Waals surface area contributed by atoms with Crippen LogP contribution in [-0.2, 0) is 0 Å². The molecule has 0 fully saturated rings. The van der Waals surface area contributed by atoms with E-state index in [1.54, 1.807) is 30.3 Å². The Morgan fingerprint density at radius 2 is 1.50 bits per heavy atom. The molecule has 0 amide bonds. The predicted molar refractivity (Wildman–Crippen MR) is 74.6 cm³/mol. The summed E-state index contributed by atoms with van der Waals surface area (Å²) >= 11 is 0. The van der Waals surface area contributed by atoms with Crippen molar-refractivity contribution >= 4 is 17.3 Å².